The highest BCUT2D eigenvalue weighted by Crippen LogP contribution is 2.15. The molecule has 1 aromatic heterocycles. The van der Waals surface area contributed by atoms with E-state index >= 15 is 0 Å². The molecule has 0 saturated heterocycles. The number of halogens is 1. The molecule has 0 saturated carbocycles. The van der Waals surface area contributed by atoms with Gasteiger partial charge >= 0.3 is 0 Å². The van der Waals surface area contributed by atoms with Crippen molar-refractivity contribution in [2.75, 3.05) is 25.0 Å². The van der Waals surface area contributed by atoms with E-state index in [0.29, 0.717) is 29.4 Å². The van der Waals surface area contributed by atoms with E-state index in [9.17, 15) is 14.4 Å². The molecule has 2 amide bonds. The van der Waals surface area contributed by atoms with Crippen molar-refractivity contribution in [2.24, 2.45) is 7.05 Å². The van der Waals surface area contributed by atoms with Gasteiger partial charge in [0.05, 0.1) is 5.56 Å². The van der Waals surface area contributed by atoms with Crippen LogP contribution in [0.4, 0.5) is 5.69 Å². The first-order valence-electron chi connectivity index (χ1n) is 8.53. The zero-order valence-electron chi connectivity index (χ0n) is 15.5. The molecule has 0 atom stereocenters. The molecule has 1 heterocycles. The number of amides is 2. The van der Waals surface area contributed by atoms with E-state index in [1.807, 2.05) is 13.8 Å². The highest BCUT2D eigenvalue weighted by atomic mass is 35.5. The van der Waals surface area contributed by atoms with Gasteiger partial charge < -0.3 is 19.5 Å². The maximum absolute atomic E-state index is 12.5. The maximum atomic E-state index is 12.5. The molecule has 0 aliphatic carbocycles. The molecule has 1 aromatic carbocycles. The molecule has 1 N–H and O–H groups in total. The second-order valence-electron chi connectivity index (χ2n) is 5.83. The lowest BCUT2D eigenvalue weighted by molar-refractivity contribution is -0.118. The summed E-state index contributed by atoms with van der Waals surface area (Å²) in [4.78, 5) is 38.5. The van der Waals surface area contributed by atoms with E-state index in [2.05, 4.69) is 5.32 Å². The number of carbonyl (C=O) groups is 2. The van der Waals surface area contributed by atoms with Crippen molar-refractivity contribution in [3.8, 4) is 5.75 Å². The number of ether oxygens (including phenoxy) is 1. The molecule has 7 nitrogen and oxygen atoms in total. The third-order valence-corrected chi connectivity index (χ3v) is 4.19. The van der Waals surface area contributed by atoms with Crippen LogP contribution in [0, 0.1) is 0 Å². The summed E-state index contributed by atoms with van der Waals surface area (Å²) in [6.45, 7) is 4.57. The lowest BCUT2D eigenvalue weighted by Gasteiger charge is -2.19. The van der Waals surface area contributed by atoms with Gasteiger partial charge in [0.25, 0.3) is 17.4 Å². The number of rotatable bonds is 7. The van der Waals surface area contributed by atoms with Gasteiger partial charge in [0.15, 0.2) is 6.61 Å². The molecule has 0 bridgehead atoms. The minimum atomic E-state index is -0.505. The second-order valence-corrected chi connectivity index (χ2v) is 6.26. The smallest absolute Gasteiger partial charge is 0.274 e. The Bertz CT molecular complexity index is 874. The Morgan fingerprint density at radius 2 is 1.81 bits per heavy atom. The number of hydrogen-bond acceptors (Lipinski definition) is 4. The van der Waals surface area contributed by atoms with Crippen molar-refractivity contribution < 1.29 is 14.3 Å². The summed E-state index contributed by atoms with van der Waals surface area (Å²) in [6, 6.07) is 7.96. The molecule has 0 radical (unpaired) electrons. The fourth-order valence-corrected chi connectivity index (χ4v) is 2.60. The highest BCUT2D eigenvalue weighted by molar-refractivity contribution is 6.30. The lowest BCUT2D eigenvalue weighted by atomic mass is 10.2. The number of aryl methyl sites for hydroxylation is 1. The van der Waals surface area contributed by atoms with E-state index in [0.717, 1.165) is 0 Å². The lowest BCUT2D eigenvalue weighted by Crippen LogP contribution is -2.33. The number of hydrogen-bond donors (Lipinski definition) is 1. The van der Waals surface area contributed by atoms with Crippen molar-refractivity contribution in [1.29, 1.82) is 0 Å². The first kappa shape index (κ1) is 20.5. The van der Waals surface area contributed by atoms with Crippen LogP contribution in [0.15, 0.2) is 41.3 Å². The minimum Gasteiger partial charge on any atom is -0.484 e. The molecule has 0 fully saturated rings. The number of nitrogens with one attached hydrogen (secondary N) is 1. The quantitative estimate of drug-likeness (QED) is 0.786. The van der Waals surface area contributed by atoms with Crippen LogP contribution in [0.3, 0.4) is 0 Å². The van der Waals surface area contributed by atoms with Crippen molar-refractivity contribution in [3.05, 3.63) is 57.5 Å². The topological polar surface area (TPSA) is 80.6 Å². The number of pyridine rings is 1. The average molecular weight is 392 g/mol. The Kier molecular flexibility index (Phi) is 7.01. The number of aromatic nitrogens is 1. The zero-order valence-corrected chi connectivity index (χ0v) is 16.2. The third kappa shape index (κ3) is 5.34. The SMILES string of the molecule is CCN(CC)C(=O)c1cc(NC(=O)COc2ccc(Cl)cc2)c(=O)n(C)c1. The van der Waals surface area contributed by atoms with Crippen molar-refractivity contribution in [1.82, 2.24) is 9.47 Å². The van der Waals surface area contributed by atoms with E-state index in [1.165, 1.54) is 23.9 Å². The van der Waals surface area contributed by atoms with Gasteiger partial charge in [-0.1, -0.05) is 11.6 Å². The maximum Gasteiger partial charge on any atom is 0.274 e. The summed E-state index contributed by atoms with van der Waals surface area (Å²) in [5.41, 5.74) is -0.0547. The van der Waals surface area contributed by atoms with Crippen molar-refractivity contribution in [2.45, 2.75) is 13.8 Å². The van der Waals surface area contributed by atoms with Crippen LogP contribution in [0.25, 0.3) is 0 Å². The molecular weight excluding hydrogens is 370 g/mol. The van der Waals surface area contributed by atoms with Crippen LogP contribution in [-0.2, 0) is 11.8 Å². The third-order valence-electron chi connectivity index (χ3n) is 3.94. The van der Waals surface area contributed by atoms with E-state index in [4.69, 9.17) is 16.3 Å². The van der Waals surface area contributed by atoms with Crippen LogP contribution in [0.5, 0.6) is 5.75 Å². The van der Waals surface area contributed by atoms with Gasteiger partial charge in [-0.05, 0) is 44.2 Å². The Hall–Kier alpha value is -2.80. The Balaban J connectivity index is 2.12. The second kappa shape index (κ2) is 9.23. The van der Waals surface area contributed by atoms with Crippen molar-refractivity contribution >= 4 is 29.1 Å². The molecule has 2 rings (SSSR count). The molecule has 144 valence electrons. The van der Waals surface area contributed by atoms with Crippen LogP contribution in [0.1, 0.15) is 24.2 Å². The molecule has 8 heteroatoms. The van der Waals surface area contributed by atoms with E-state index in [1.54, 1.807) is 29.2 Å². The van der Waals surface area contributed by atoms with Crippen LogP contribution in [-0.4, -0.2) is 41.0 Å². The first-order valence-corrected chi connectivity index (χ1v) is 8.91. The largest absolute Gasteiger partial charge is 0.484 e. The molecule has 0 spiro atoms. The monoisotopic (exact) mass is 391 g/mol. The predicted molar refractivity (Wildman–Crippen MR) is 105 cm³/mol. The highest BCUT2D eigenvalue weighted by Gasteiger charge is 2.17. The van der Waals surface area contributed by atoms with Gasteiger partial charge in [-0.25, -0.2) is 0 Å². The van der Waals surface area contributed by atoms with Gasteiger partial charge in [-0.2, -0.15) is 0 Å². The molecule has 0 aliphatic heterocycles. The summed E-state index contributed by atoms with van der Waals surface area (Å²) in [6.07, 6.45) is 1.46. The van der Waals surface area contributed by atoms with Gasteiger partial charge in [0.1, 0.15) is 11.4 Å². The Morgan fingerprint density at radius 1 is 1.19 bits per heavy atom. The van der Waals surface area contributed by atoms with Gasteiger partial charge in [0.2, 0.25) is 0 Å². The number of anilines is 1. The molecule has 2 aromatic rings. The molecule has 0 aliphatic rings. The average Bonchev–Trinajstić information content (AvgIpc) is 2.65. The molecule has 27 heavy (non-hydrogen) atoms. The summed E-state index contributed by atoms with van der Waals surface area (Å²) in [7, 11) is 1.53. The van der Waals surface area contributed by atoms with Gasteiger partial charge in [-0.3, -0.25) is 14.4 Å². The number of nitrogens with zero attached hydrogens (tertiary/aromatic N) is 2. The summed E-state index contributed by atoms with van der Waals surface area (Å²) in [5, 5.41) is 3.07. The summed E-state index contributed by atoms with van der Waals surface area (Å²) < 4.78 is 6.63. The van der Waals surface area contributed by atoms with Crippen molar-refractivity contribution in [3.63, 3.8) is 0 Å². The summed E-state index contributed by atoms with van der Waals surface area (Å²) >= 11 is 5.79. The van der Waals surface area contributed by atoms with Crippen LogP contribution in [0.2, 0.25) is 5.02 Å². The Morgan fingerprint density at radius 3 is 2.41 bits per heavy atom. The van der Waals surface area contributed by atoms with Gasteiger partial charge in [0, 0.05) is 31.4 Å². The normalized spacial score (nSPS) is 10.4. The fourth-order valence-electron chi connectivity index (χ4n) is 2.48. The number of carbonyl (C=O) groups excluding carboxylic acids is 2. The number of benzene rings is 1. The zero-order chi connectivity index (χ0) is 20.0. The standard InChI is InChI=1S/C19H22ClN3O4/c1-4-23(5-2)18(25)13-10-16(19(26)22(3)11-13)21-17(24)12-27-15-8-6-14(20)7-9-15/h6-11H,4-5,12H2,1-3H3,(H,21,24). The van der Waals surface area contributed by atoms with Crippen LogP contribution < -0.4 is 15.6 Å². The Labute approximate surface area is 162 Å². The molecule has 0 unspecified atom stereocenters. The first-order chi connectivity index (χ1) is 12.8. The predicted octanol–water partition coefficient (Wildman–Crippen LogP) is 2.54. The summed E-state index contributed by atoms with van der Waals surface area (Å²) in [5.74, 6) is -0.231. The van der Waals surface area contributed by atoms with Gasteiger partial charge in [-0.15, -0.1) is 0 Å². The minimum absolute atomic E-state index is 0.0280. The fraction of sp³-hybridized carbons (Fsp3) is 0.316. The van der Waals surface area contributed by atoms with E-state index in [-0.39, 0.29) is 18.2 Å². The molecular formula is C19H22ClN3O4. The van der Waals surface area contributed by atoms with E-state index < -0.39 is 11.5 Å². The van der Waals surface area contributed by atoms with Crippen LogP contribution >= 0.6 is 11.6 Å².